The molecule has 4 nitrogen and oxygen atoms in total. The predicted molar refractivity (Wildman–Crippen MR) is 100 cm³/mol. The van der Waals surface area contributed by atoms with Gasteiger partial charge in [0.1, 0.15) is 0 Å². The maximum Gasteiger partial charge on any atom is 1.00 e. The van der Waals surface area contributed by atoms with E-state index in [2.05, 4.69) is 6.92 Å². The van der Waals surface area contributed by atoms with E-state index in [0.29, 0.717) is 0 Å². The fourth-order valence-electron chi connectivity index (χ4n) is 3.08. The Morgan fingerprint density at radius 1 is 0.846 bits per heavy atom. The van der Waals surface area contributed by atoms with Gasteiger partial charge in [-0.05, 0) is 24.5 Å². The topological polar surface area (TPSA) is 77.4 Å². The maximum atomic E-state index is 11.5. The molecule has 144 valence electrons. The summed E-state index contributed by atoms with van der Waals surface area (Å²) in [5.74, 6) is -0.652. The molecule has 1 aromatic carbocycles. The van der Waals surface area contributed by atoms with Crippen molar-refractivity contribution in [3.8, 4) is 5.75 Å². The van der Waals surface area contributed by atoms with Gasteiger partial charge in [-0.3, -0.25) is 4.55 Å². The Labute approximate surface area is 202 Å². The number of rotatable bonds is 14. The van der Waals surface area contributed by atoms with Gasteiger partial charge >= 0.3 is 51.4 Å². The van der Waals surface area contributed by atoms with Gasteiger partial charge in [0.05, 0.1) is 4.90 Å². The average molecular weight is 409 g/mol. The molecule has 0 aliphatic rings. The molecule has 0 radical (unpaired) electrons. The second-order valence-corrected chi connectivity index (χ2v) is 8.29. The van der Waals surface area contributed by atoms with Crippen molar-refractivity contribution in [1.82, 2.24) is 0 Å². The first kappa shape index (κ1) is 26.6. The summed E-state index contributed by atoms with van der Waals surface area (Å²) in [5.41, 5.74) is 0.791. The Morgan fingerprint density at radius 2 is 1.31 bits per heavy atom. The van der Waals surface area contributed by atoms with Crippen molar-refractivity contribution in [2.24, 2.45) is 0 Å². The quantitative estimate of drug-likeness (QED) is 0.291. The molecular weight excluding hydrogens is 375 g/mol. The molecule has 1 N–H and O–H groups in total. The van der Waals surface area contributed by atoms with Gasteiger partial charge < -0.3 is 5.11 Å². The van der Waals surface area contributed by atoms with Crippen molar-refractivity contribution < 1.29 is 69.5 Å². The summed E-state index contributed by atoms with van der Waals surface area (Å²) in [6.07, 6.45) is 16.0. The van der Waals surface area contributed by atoms with Gasteiger partial charge in [-0.2, -0.15) is 8.42 Å². The standard InChI is InChI=1S/C20H34O4S.K/c1-2-3-4-5-6-7-8-9-10-11-12-13-14-18-15-16-19(21)20(17-18)25(22,23)24;/h15-17,21H,2-14H2,1H3,(H,22,23,24);/q;+1/p-1. The summed E-state index contributed by atoms with van der Waals surface area (Å²) in [6, 6.07) is 4.17. The largest absolute Gasteiger partial charge is 1.00 e. The normalized spacial score (nSPS) is 11.3. The van der Waals surface area contributed by atoms with Crippen LogP contribution in [0.3, 0.4) is 0 Å². The van der Waals surface area contributed by atoms with Crippen molar-refractivity contribution in [2.45, 2.75) is 95.3 Å². The van der Waals surface area contributed by atoms with Gasteiger partial charge in [-0.25, -0.2) is 0 Å². The first-order valence-electron chi connectivity index (χ1n) is 9.72. The molecule has 0 spiro atoms. The third-order valence-corrected chi connectivity index (χ3v) is 5.48. The van der Waals surface area contributed by atoms with Gasteiger partial charge in [0.2, 0.25) is 0 Å². The molecule has 0 heterocycles. The van der Waals surface area contributed by atoms with Crippen LogP contribution in [-0.2, 0) is 16.5 Å². The number of benzene rings is 1. The van der Waals surface area contributed by atoms with Crippen LogP contribution in [-0.4, -0.2) is 13.0 Å². The number of unbranched alkanes of at least 4 members (excludes halogenated alkanes) is 11. The van der Waals surface area contributed by atoms with E-state index in [-0.39, 0.29) is 51.4 Å². The number of hydrogen-bond donors (Lipinski definition) is 1. The van der Waals surface area contributed by atoms with Crippen LogP contribution in [0, 0.1) is 0 Å². The Hall–Kier alpha value is 0.566. The van der Waals surface area contributed by atoms with E-state index in [0.717, 1.165) is 24.8 Å². The number of hydrogen-bond acceptors (Lipinski definition) is 3. The van der Waals surface area contributed by atoms with Crippen molar-refractivity contribution in [3.63, 3.8) is 0 Å². The van der Waals surface area contributed by atoms with Crippen molar-refractivity contribution >= 4 is 10.1 Å². The van der Waals surface area contributed by atoms with E-state index in [4.69, 9.17) is 4.55 Å². The molecule has 6 heteroatoms. The maximum absolute atomic E-state index is 11.5. The zero-order chi connectivity index (χ0) is 18.5. The minimum absolute atomic E-state index is 0. The van der Waals surface area contributed by atoms with Crippen LogP contribution in [0.25, 0.3) is 0 Å². The minimum atomic E-state index is -4.42. The molecule has 0 saturated carbocycles. The van der Waals surface area contributed by atoms with E-state index >= 15 is 0 Å². The summed E-state index contributed by atoms with van der Waals surface area (Å²) >= 11 is 0. The summed E-state index contributed by atoms with van der Waals surface area (Å²) in [6.45, 7) is 2.24. The Balaban J connectivity index is 0.00000625. The van der Waals surface area contributed by atoms with Gasteiger partial charge in [0.25, 0.3) is 10.1 Å². The molecule has 26 heavy (non-hydrogen) atoms. The van der Waals surface area contributed by atoms with Crippen LogP contribution in [0.5, 0.6) is 5.75 Å². The molecule has 0 amide bonds. The molecule has 0 aliphatic carbocycles. The van der Waals surface area contributed by atoms with Gasteiger partial charge in [0.15, 0.2) is 0 Å². The van der Waals surface area contributed by atoms with Crippen LogP contribution in [0.1, 0.15) is 89.5 Å². The third kappa shape index (κ3) is 12.1. The van der Waals surface area contributed by atoms with Crippen molar-refractivity contribution in [3.05, 3.63) is 23.8 Å². The molecule has 0 aliphatic heterocycles. The van der Waals surface area contributed by atoms with Crippen LogP contribution >= 0.6 is 0 Å². The second-order valence-electron chi connectivity index (χ2n) is 6.90. The molecular formula is C20H33KO4S. The molecule has 0 aromatic heterocycles. The van der Waals surface area contributed by atoms with E-state index in [1.165, 1.54) is 76.3 Å². The average Bonchev–Trinajstić information content (AvgIpc) is 2.56. The Bertz CT molecular complexity index is 587. The minimum Gasteiger partial charge on any atom is -0.872 e. The van der Waals surface area contributed by atoms with Crippen molar-refractivity contribution in [1.29, 1.82) is 0 Å². The number of aryl methyl sites for hydroxylation is 1. The molecule has 0 saturated heterocycles. The molecule has 1 rings (SSSR count). The first-order valence-corrected chi connectivity index (χ1v) is 11.2. The molecule has 0 bridgehead atoms. The fourth-order valence-corrected chi connectivity index (χ4v) is 3.70. The first-order chi connectivity index (χ1) is 11.9. The van der Waals surface area contributed by atoms with Crippen LogP contribution < -0.4 is 56.5 Å². The van der Waals surface area contributed by atoms with Gasteiger partial charge in [-0.1, -0.05) is 95.4 Å². The molecule has 0 unspecified atom stereocenters. The van der Waals surface area contributed by atoms with E-state index in [9.17, 15) is 13.5 Å². The fraction of sp³-hybridized carbons (Fsp3) is 0.700. The molecule has 0 fully saturated rings. The monoisotopic (exact) mass is 408 g/mol. The second kappa shape index (κ2) is 15.5. The zero-order valence-corrected chi connectivity index (χ0v) is 20.4. The zero-order valence-electron chi connectivity index (χ0n) is 16.5. The summed E-state index contributed by atoms with van der Waals surface area (Å²) < 4.78 is 31.3. The van der Waals surface area contributed by atoms with Crippen molar-refractivity contribution in [2.75, 3.05) is 0 Å². The SMILES string of the molecule is CCCCCCCCCCCCCCc1ccc([O-])c(S(=O)(=O)O)c1.[K+]. The Morgan fingerprint density at radius 3 is 1.77 bits per heavy atom. The van der Waals surface area contributed by atoms with Crippen LogP contribution in [0.15, 0.2) is 23.1 Å². The predicted octanol–water partition coefficient (Wildman–Crippen LogP) is 2.25. The van der Waals surface area contributed by atoms with E-state index in [1.807, 2.05) is 0 Å². The van der Waals surface area contributed by atoms with Crippen LogP contribution in [0.2, 0.25) is 0 Å². The summed E-state index contributed by atoms with van der Waals surface area (Å²) in [7, 11) is -4.42. The van der Waals surface area contributed by atoms with E-state index in [1.54, 1.807) is 6.07 Å². The van der Waals surface area contributed by atoms with Gasteiger partial charge in [-0.15, -0.1) is 0 Å². The van der Waals surface area contributed by atoms with E-state index < -0.39 is 20.8 Å². The smallest absolute Gasteiger partial charge is 0.872 e. The summed E-state index contributed by atoms with van der Waals surface area (Å²) in [4.78, 5) is -0.510. The molecule has 1 aromatic rings. The Kier molecular flexibility index (Phi) is 15.8. The summed E-state index contributed by atoms with van der Waals surface area (Å²) in [5, 5.41) is 11.5. The van der Waals surface area contributed by atoms with Crippen LogP contribution in [0.4, 0.5) is 0 Å². The third-order valence-electron chi connectivity index (χ3n) is 4.61. The van der Waals surface area contributed by atoms with Gasteiger partial charge in [0, 0.05) is 0 Å². The molecule has 0 atom stereocenters.